The highest BCUT2D eigenvalue weighted by atomic mass is 16.6. The minimum absolute atomic E-state index is 0.154. The minimum atomic E-state index is -0.677. The van der Waals surface area contributed by atoms with Crippen LogP contribution in [0, 0.1) is 16.0 Å². The molecule has 38 heavy (non-hydrogen) atoms. The van der Waals surface area contributed by atoms with Gasteiger partial charge in [0.1, 0.15) is 23.1 Å². The smallest absolute Gasteiger partial charge is 0.433 e. The van der Waals surface area contributed by atoms with Crippen LogP contribution < -0.4 is 10.1 Å². The zero-order valence-electron chi connectivity index (χ0n) is 22.6. The lowest BCUT2D eigenvalue weighted by Gasteiger charge is -2.26. The van der Waals surface area contributed by atoms with E-state index < -0.39 is 16.7 Å². The number of anilines is 1. The number of fused-ring (bicyclic) bond motifs is 1. The third kappa shape index (κ3) is 6.51. The molecule has 1 N–H and O–H groups in total. The Morgan fingerprint density at radius 2 is 2.00 bits per heavy atom. The summed E-state index contributed by atoms with van der Waals surface area (Å²) in [6.07, 6.45) is 2.80. The monoisotopic (exact) mass is 527 g/mol. The molecule has 0 bridgehead atoms. The number of benzene rings is 1. The molecule has 2 aromatic heterocycles. The van der Waals surface area contributed by atoms with E-state index in [1.165, 1.54) is 6.07 Å². The van der Waals surface area contributed by atoms with Crippen molar-refractivity contribution in [3.63, 3.8) is 0 Å². The summed E-state index contributed by atoms with van der Waals surface area (Å²) in [5.41, 5.74) is 2.15. The van der Waals surface area contributed by atoms with Crippen molar-refractivity contribution >= 4 is 28.5 Å². The average molecular weight is 528 g/mol. The van der Waals surface area contributed by atoms with Gasteiger partial charge in [-0.15, -0.1) is 0 Å². The van der Waals surface area contributed by atoms with Gasteiger partial charge >= 0.3 is 5.88 Å². The normalized spacial score (nSPS) is 15.2. The minimum Gasteiger partial charge on any atom is -0.490 e. The lowest BCUT2D eigenvalue weighted by molar-refractivity contribution is -0.402. The highest BCUT2D eigenvalue weighted by molar-refractivity contribution is 6.04. The number of aromatic nitrogens is 2. The number of furan rings is 1. The Balaban J connectivity index is 1.67. The molecule has 1 amide bonds. The molecular formula is C27H37N5O6. The van der Waals surface area contributed by atoms with Gasteiger partial charge in [0.25, 0.3) is 5.91 Å². The molecule has 0 radical (unpaired) electrons. The first-order valence-corrected chi connectivity index (χ1v) is 13.3. The lowest BCUT2D eigenvalue weighted by Crippen LogP contribution is -2.38. The van der Waals surface area contributed by atoms with Gasteiger partial charge in [-0.05, 0) is 37.8 Å². The van der Waals surface area contributed by atoms with E-state index in [9.17, 15) is 14.9 Å². The third-order valence-corrected chi connectivity index (χ3v) is 6.60. The van der Waals surface area contributed by atoms with Crippen LogP contribution in [0.4, 0.5) is 11.6 Å². The van der Waals surface area contributed by atoms with E-state index in [1.54, 1.807) is 0 Å². The van der Waals surface area contributed by atoms with Crippen molar-refractivity contribution in [1.82, 2.24) is 14.5 Å². The van der Waals surface area contributed by atoms with Crippen LogP contribution in [0.1, 0.15) is 63.0 Å². The topological polar surface area (TPSA) is 125 Å². The zero-order chi connectivity index (χ0) is 27.2. The summed E-state index contributed by atoms with van der Waals surface area (Å²) < 4.78 is 19.1. The Labute approximate surface area is 222 Å². The Hall–Kier alpha value is -3.44. The van der Waals surface area contributed by atoms with Crippen molar-refractivity contribution < 1.29 is 23.6 Å². The largest absolute Gasteiger partial charge is 0.490 e. The zero-order valence-corrected chi connectivity index (χ0v) is 22.6. The number of hydrogen-bond acceptors (Lipinski definition) is 8. The molecule has 1 aromatic carbocycles. The number of rotatable bonds is 12. The Morgan fingerprint density at radius 1 is 1.24 bits per heavy atom. The number of amides is 1. The highest BCUT2D eigenvalue weighted by Crippen LogP contribution is 2.34. The van der Waals surface area contributed by atoms with Crippen LogP contribution in [0.3, 0.4) is 0 Å². The predicted molar refractivity (Wildman–Crippen MR) is 144 cm³/mol. The molecule has 4 rings (SSSR count). The number of ether oxygens (including phenoxy) is 2. The van der Waals surface area contributed by atoms with E-state index in [4.69, 9.17) is 18.9 Å². The van der Waals surface area contributed by atoms with Gasteiger partial charge in [0.15, 0.2) is 5.76 Å². The number of carbonyl (C=O) groups excluding carboxylic acids is 1. The molecule has 11 nitrogen and oxygen atoms in total. The van der Waals surface area contributed by atoms with Gasteiger partial charge in [-0.1, -0.05) is 20.8 Å². The summed E-state index contributed by atoms with van der Waals surface area (Å²) in [6, 6.07) is 6.44. The van der Waals surface area contributed by atoms with Gasteiger partial charge in [0.2, 0.25) is 0 Å². The summed E-state index contributed by atoms with van der Waals surface area (Å²) in [5, 5.41) is 13.8. The molecule has 1 atom stereocenters. The number of aryl methyl sites for hydroxylation is 1. The van der Waals surface area contributed by atoms with Crippen molar-refractivity contribution in [3.05, 3.63) is 46.0 Å². The number of nitro groups is 1. The number of nitrogens with one attached hydrogen (secondary N) is 1. The van der Waals surface area contributed by atoms with Gasteiger partial charge in [0, 0.05) is 38.2 Å². The fourth-order valence-electron chi connectivity index (χ4n) is 4.91. The van der Waals surface area contributed by atoms with Crippen molar-refractivity contribution in [2.75, 3.05) is 44.8 Å². The summed E-state index contributed by atoms with van der Waals surface area (Å²) >= 11 is 0. The molecule has 1 unspecified atom stereocenters. The molecule has 1 fully saturated rings. The molecule has 0 aliphatic carbocycles. The van der Waals surface area contributed by atoms with E-state index in [1.807, 2.05) is 12.1 Å². The molecular weight excluding hydrogens is 490 g/mol. The third-order valence-electron chi connectivity index (χ3n) is 6.60. The Morgan fingerprint density at radius 3 is 2.66 bits per heavy atom. The summed E-state index contributed by atoms with van der Waals surface area (Å²) in [4.78, 5) is 30.4. The summed E-state index contributed by atoms with van der Waals surface area (Å²) in [6.45, 7) is 13.0. The second-order valence-corrected chi connectivity index (χ2v) is 10.1. The number of nitrogens with zero attached hydrogens (tertiary/aromatic N) is 4. The molecule has 3 aromatic rings. The first-order chi connectivity index (χ1) is 18.3. The quantitative estimate of drug-likeness (QED) is 0.256. The Kier molecular flexibility index (Phi) is 9.01. The molecule has 1 aliphatic heterocycles. The molecule has 3 heterocycles. The van der Waals surface area contributed by atoms with E-state index >= 15 is 0 Å². The van der Waals surface area contributed by atoms with E-state index in [2.05, 4.69) is 42.5 Å². The van der Waals surface area contributed by atoms with Gasteiger partial charge in [-0.2, -0.15) is 0 Å². The molecule has 0 spiro atoms. The molecule has 11 heteroatoms. The summed E-state index contributed by atoms with van der Waals surface area (Å²) in [7, 11) is 0. The van der Waals surface area contributed by atoms with Crippen molar-refractivity contribution in [2.24, 2.45) is 5.92 Å². The van der Waals surface area contributed by atoms with Crippen LogP contribution in [0.5, 0.6) is 5.75 Å². The van der Waals surface area contributed by atoms with Gasteiger partial charge in [-0.25, -0.2) is 4.98 Å². The van der Waals surface area contributed by atoms with Gasteiger partial charge in [0.05, 0.1) is 36.0 Å². The van der Waals surface area contributed by atoms with Crippen LogP contribution in [-0.2, 0) is 11.2 Å². The van der Waals surface area contributed by atoms with Crippen LogP contribution >= 0.6 is 0 Å². The number of carbonyl (C=O) groups is 1. The summed E-state index contributed by atoms with van der Waals surface area (Å²) in [5.74, 6) is 0.795. The number of morpholine rings is 1. The Bertz CT molecular complexity index is 1260. The van der Waals surface area contributed by atoms with Crippen LogP contribution in [0.25, 0.3) is 11.0 Å². The highest BCUT2D eigenvalue weighted by Gasteiger charge is 2.22. The van der Waals surface area contributed by atoms with Crippen molar-refractivity contribution in [2.45, 2.75) is 53.0 Å². The number of hydrogen-bond donors (Lipinski definition) is 1. The van der Waals surface area contributed by atoms with Crippen LogP contribution in [0.2, 0.25) is 0 Å². The maximum Gasteiger partial charge on any atom is 0.433 e. The van der Waals surface area contributed by atoms with Crippen LogP contribution in [0.15, 0.2) is 28.7 Å². The van der Waals surface area contributed by atoms with E-state index in [0.717, 1.165) is 61.8 Å². The fraction of sp³-hybridized carbons (Fsp3) is 0.556. The standard InChI is InChI=1S/C27H37N5O6/c1-5-6-25-28-20-16-21(29-27(33)23-7-8-26(38-23)32(34)35)24(37-14-11-30-9-12-36-13-10-30)17-22(20)31(25)19(4)15-18(2)3/h7-8,16-19H,5-6,9-15H2,1-4H3,(H,29,33). The van der Waals surface area contributed by atoms with Crippen molar-refractivity contribution in [1.29, 1.82) is 0 Å². The average Bonchev–Trinajstić information content (AvgIpc) is 3.50. The lowest BCUT2D eigenvalue weighted by atomic mass is 10.0. The maximum atomic E-state index is 12.9. The fourth-order valence-corrected chi connectivity index (χ4v) is 4.91. The van der Waals surface area contributed by atoms with Gasteiger partial charge in [-0.3, -0.25) is 19.8 Å². The SMILES string of the molecule is CCCc1nc2cc(NC(=O)c3ccc([N+](=O)[O-])o3)c(OCCN3CCOCC3)cc2n1C(C)CC(C)C. The van der Waals surface area contributed by atoms with E-state index in [0.29, 0.717) is 37.2 Å². The number of imidazole rings is 1. The molecule has 206 valence electrons. The van der Waals surface area contributed by atoms with Crippen molar-refractivity contribution in [3.8, 4) is 5.75 Å². The second-order valence-electron chi connectivity index (χ2n) is 10.1. The maximum absolute atomic E-state index is 12.9. The predicted octanol–water partition coefficient (Wildman–Crippen LogP) is 5.06. The molecule has 0 saturated carbocycles. The van der Waals surface area contributed by atoms with Gasteiger partial charge < -0.3 is 23.8 Å². The first kappa shape index (κ1) is 27.6. The molecule has 1 saturated heterocycles. The van der Waals surface area contributed by atoms with Crippen LogP contribution in [-0.4, -0.2) is 64.7 Å². The first-order valence-electron chi connectivity index (χ1n) is 13.3. The van der Waals surface area contributed by atoms with E-state index in [-0.39, 0.29) is 11.8 Å². The second kappa shape index (κ2) is 12.4. The molecule has 1 aliphatic rings.